The van der Waals surface area contributed by atoms with Gasteiger partial charge in [-0.15, -0.1) is 0 Å². The zero-order chi connectivity index (χ0) is 10.8. The maximum atomic E-state index is 9.04. The summed E-state index contributed by atoms with van der Waals surface area (Å²) < 4.78 is 2.81. The SMILES string of the molecule is Cc1cn(-c2ccc(Br)cc2)nc1CO. The second-order valence-corrected chi connectivity index (χ2v) is 4.25. The Kier molecular flexibility index (Phi) is 2.88. The molecule has 4 heteroatoms. The minimum Gasteiger partial charge on any atom is -0.390 e. The third-order valence-electron chi connectivity index (χ3n) is 2.24. The van der Waals surface area contributed by atoms with Gasteiger partial charge in [0.05, 0.1) is 18.0 Å². The van der Waals surface area contributed by atoms with E-state index >= 15 is 0 Å². The number of aliphatic hydroxyl groups is 1. The minimum absolute atomic E-state index is 0.0185. The number of nitrogens with zero attached hydrogens (tertiary/aromatic N) is 2. The molecule has 1 heterocycles. The van der Waals surface area contributed by atoms with Crippen molar-refractivity contribution in [3.8, 4) is 5.69 Å². The molecule has 1 N–H and O–H groups in total. The fourth-order valence-electron chi connectivity index (χ4n) is 1.38. The largest absolute Gasteiger partial charge is 0.390 e. The molecule has 2 rings (SSSR count). The molecule has 0 fully saturated rings. The highest BCUT2D eigenvalue weighted by Crippen LogP contribution is 2.15. The first kappa shape index (κ1) is 10.4. The third kappa shape index (κ3) is 2.11. The van der Waals surface area contributed by atoms with Crippen LogP contribution in [0.15, 0.2) is 34.9 Å². The topological polar surface area (TPSA) is 38.0 Å². The first-order valence-electron chi connectivity index (χ1n) is 4.62. The second-order valence-electron chi connectivity index (χ2n) is 3.34. The summed E-state index contributed by atoms with van der Waals surface area (Å²) >= 11 is 3.38. The van der Waals surface area contributed by atoms with Crippen LogP contribution in [0, 0.1) is 6.92 Å². The van der Waals surface area contributed by atoms with Gasteiger partial charge in [0.2, 0.25) is 0 Å². The van der Waals surface area contributed by atoms with E-state index in [4.69, 9.17) is 5.11 Å². The van der Waals surface area contributed by atoms with Gasteiger partial charge in [-0.05, 0) is 36.8 Å². The lowest BCUT2D eigenvalue weighted by molar-refractivity contribution is 0.275. The molecule has 3 nitrogen and oxygen atoms in total. The van der Waals surface area contributed by atoms with Gasteiger partial charge >= 0.3 is 0 Å². The lowest BCUT2D eigenvalue weighted by Crippen LogP contribution is -1.95. The summed E-state index contributed by atoms with van der Waals surface area (Å²) in [5, 5.41) is 13.3. The van der Waals surface area contributed by atoms with Crippen LogP contribution >= 0.6 is 15.9 Å². The predicted molar refractivity (Wildman–Crippen MR) is 61.9 cm³/mol. The molecule has 0 radical (unpaired) electrons. The number of hydrogen-bond donors (Lipinski definition) is 1. The summed E-state index contributed by atoms with van der Waals surface area (Å²) in [6, 6.07) is 7.87. The lowest BCUT2D eigenvalue weighted by atomic mass is 10.3. The molecule has 1 aromatic heterocycles. The average Bonchev–Trinajstić information content (AvgIpc) is 2.61. The zero-order valence-electron chi connectivity index (χ0n) is 8.31. The predicted octanol–water partition coefficient (Wildman–Crippen LogP) is 2.44. The van der Waals surface area contributed by atoms with Gasteiger partial charge in [0.15, 0.2) is 0 Å². The number of benzene rings is 1. The Morgan fingerprint density at radius 2 is 2.00 bits per heavy atom. The summed E-state index contributed by atoms with van der Waals surface area (Å²) in [5.74, 6) is 0. The van der Waals surface area contributed by atoms with E-state index in [0.29, 0.717) is 0 Å². The molecular formula is C11H11BrN2O. The van der Waals surface area contributed by atoms with Crippen molar-refractivity contribution in [3.63, 3.8) is 0 Å². The van der Waals surface area contributed by atoms with Gasteiger partial charge in [-0.25, -0.2) is 4.68 Å². The first-order chi connectivity index (χ1) is 7.20. The highest BCUT2D eigenvalue weighted by atomic mass is 79.9. The van der Waals surface area contributed by atoms with Crippen LogP contribution in [-0.4, -0.2) is 14.9 Å². The van der Waals surface area contributed by atoms with Crippen molar-refractivity contribution in [2.75, 3.05) is 0 Å². The molecule has 0 saturated heterocycles. The standard InChI is InChI=1S/C11H11BrN2O/c1-8-6-14(13-11(8)7-15)10-4-2-9(12)3-5-10/h2-6,15H,7H2,1H3. The maximum Gasteiger partial charge on any atom is 0.0912 e. The molecule has 0 unspecified atom stereocenters. The molecule has 0 aliphatic carbocycles. The molecule has 0 atom stereocenters. The van der Waals surface area contributed by atoms with E-state index in [1.807, 2.05) is 37.4 Å². The van der Waals surface area contributed by atoms with Crippen LogP contribution < -0.4 is 0 Å². The van der Waals surface area contributed by atoms with E-state index in [-0.39, 0.29) is 6.61 Å². The Labute approximate surface area is 96.5 Å². The molecular weight excluding hydrogens is 256 g/mol. The van der Waals surface area contributed by atoms with Crippen LogP contribution in [0.5, 0.6) is 0 Å². The number of aryl methyl sites for hydroxylation is 1. The van der Waals surface area contributed by atoms with E-state index in [1.165, 1.54) is 0 Å². The molecule has 1 aromatic carbocycles. The molecule has 2 aromatic rings. The molecule has 0 saturated carbocycles. The van der Waals surface area contributed by atoms with E-state index < -0.39 is 0 Å². The van der Waals surface area contributed by atoms with E-state index in [2.05, 4.69) is 21.0 Å². The van der Waals surface area contributed by atoms with Crippen LogP contribution in [0.4, 0.5) is 0 Å². The van der Waals surface area contributed by atoms with Crippen LogP contribution in [-0.2, 0) is 6.61 Å². The molecule has 15 heavy (non-hydrogen) atoms. The summed E-state index contributed by atoms with van der Waals surface area (Å²) in [7, 11) is 0. The summed E-state index contributed by atoms with van der Waals surface area (Å²) in [6.45, 7) is 1.92. The summed E-state index contributed by atoms with van der Waals surface area (Å²) in [6.07, 6.45) is 1.91. The lowest BCUT2D eigenvalue weighted by Gasteiger charge is -2.00. The van der Waals surface area contributed by atoms with Crippen LogP contribution in [0.2, 0.25) is 0 Å². The normalized spacial score (nSPS) is 10.6. The van der Waals surface area contributed by atoms with Crippen molar-refractivity contribution < 1.29 is 5.11 Å². The Morgan fingerprint density at radius 3 is 2.53 bits per heavy atom. The number of aromatic nitrogens is 2. The summed E-state index contributed by atoms with van der Waals surface area (Å²) in [5.41, 5.74) is 2.71. The van der Waals surface area contributed by atoms with Gasteiger partial charge in [-0.1, -0.05) is 15.9 Å². The number of hydrogen-bond acceptors (Lipinski definition) is 2. The van der Waals surface area contributed by atoms with Crippen molar-refractivity contribution in [2.24, 2.45) is 0 Å². The third-order valence-corrected chi connectivity index (χ3v) is 2.77. The van der Waals surface area contributed by atoms with Crippen molar-refractivity contribution >= 4 is 15.9 Å². The van der Waals surface area contributed by atoms with Gasteiger partial charge in [-0.2, -0.15) is 5.10 Å². The Bertz CT molecular complexity index is 462. The van der Waals surface area contributed by atoms with Gasteiger partial charge in [0.1, 0.15) is 0 Å². The molecule has 0 bridgehead atoms. The Balaban J connectivity index is 2.41. The fourth-order valence-corrected chi connectivity index (χ4v) is 1.64. The van der Waals surface area contributed by atoms with Crippen molar-refractivity contribution in [1.29, 1.82) is 0 Å². The number of aliphatic hydroxyl groups excluding tert-OH is 1. The minimum atomic E-state index is -0.0185. The van der Waals surface area contributed by atoms with Crippen molar-refractivity contribution in [2.45, 2.75) is 13.5 Å². The molecule has 0 amide bonds. The highest BCUT2D eigenvalue weighted by Gasteiger charge is 2.04. The van der Waals surface area contributed by atoms with Gasteiger partial charge in [0.25, 0.3) is 0 Å². The Morgan fingerprint density at radius 1 is 1.33 bits per heavy atom. The number of rotatable bonds is 2. The molecule has 0 spiro atoms. The zero-order valence-corrected chi connectivity index (χ0v) is 9.90. The average molecular weight is 267 g/mol. The van der Waals surface area contributed by atoms with E-state index in [1.54, 1.807) is 4.68 Å². The van der Waals surface area contributed by atoms with Gasteiger partial charge < -0.3 is 5.11 Å². The number of halogens is 1. The van der Waals surface area contributed by atoms with E-state index in [9.17, 15) is 0 Å². The smallest absolute Gasteiger partial charge is 0.0912 e. The van der Waals surface area contributed by atoms with Crippen LogP contribution in [0.1, 0.15) is 11.3 Å². The Hall–Kier alpha value is -1.13. The van der Waals surface area contributed by atoms with Crippen molar-refractivity contribution in [3.05, 3.63) is 46.2 Å². The first-order valence-corrected chi connectivity index (χ1v) is 5.42. The van der Waals surface area contributed by atoms with Crippen molar-refractivity contribution in [1.82, 2.24) is 9.78 Å². The highest BCUT2D eigenvalue weighted by molar-refractivity contribution is 9.10. The monoisotopic (exact) mass is 266 g/mol. The quantitative estimate of drug-likeness (QED) is 0.907. The second kappa shape index (κ2) is 4.16. The van der Waals surface area contributed by atoms with Crippen LogP contribution in [0.25, 0.3) is 5.69 Å². The van der Waals surface area contributed by atoms with Gasteiger partial charge in [-0.3, -0.25) is 0 Å². The van der Waals surface area contributed by atoms with Crippen LogP contribution in [0.3, 0.4) is 0 Å². The van der Waals surface area contributed by atoms with Gasteiger partial charge in [0, 0.05) is 10.7 Å². The maximum absolute atomic E-state index is 9.04. The van der Waals surface area contributed by atoms with E-state index in [0.717, 1.165) is 21.4 Å². The molecule has 0 aliphatic heterocycles. The summed E-state index contributed by atoms with van der Waals surface area (Å²) in [4.78, 5) is 0. The molecule has 78 valence electrons. The fraction of sp³-hybridized carbons (Fsp3) is 0.182. The molecule has 0 aliphatic rings.